The molecule has 1 N–H and O–H groups in total. The molecule has 2 heterocycles. The maximum absolute atomic E-state index is 5.25. The Kier molecular flexibility index (Phi) is 10.5. The lowest BCUT2D eigenvalue weighted by atomic mass is 10.2. The van der Waals surface area contributed by atoms with E-state index in [0.717, 1.165) is 58.4 Å². The summed E-state index contributed by atoms with van der Waals surface area (Å²) in [5, 5.41) is 3.63. The van der Waals surface area contributed by atoms with Crippen molar-refractivity contribution in [2.24, 2.45) is 4.99 Å². The highest BCUT2D eigenvalue weighted by Gasteiger charge is 2.25. The Morgan fingerprint density at radius 1 is 1.14 bits per heavy atom. The standard InChI is InChI=1S/C21H35N5O.HI/c1-22-21(23-17-20-9-6-10-25(20)15-16-27-2)26-13-11-24(12-14-26)18-19-7-4-3-5-8-19;/h3-5,7-8,20H,6,9-18H2,1-2H3,(H,22,23);1H. The molecule has 0 saturated carbocycles. The van der Waals surface area contributed by atoms with Crippen LogP contribution in [0.25, 0.3) is 0 Å². The lowest BCUT2D eigenvalue weighted by molar-refractivity contribution is 0.140. The van der Waals surface area contributed by atoms with E-state index in [2.05, 4.69) is 55.3 Å². The molecule has 0 aliphatic carbocycles. The largest absolute Gasteiger partial charge is 0.383 e. The predicted octanol–water partition coefficient (Wildman–Crippen LogP) is 2.11. The molecule has 1 aromatic rings. The van der Waals surface area contributed by atoms with Gasteiger partial charge in [-0.05, 0) is 24.9 Å². The molecule has 0 radical (unpaired) electrons. The zero-order valence-electron chi connectivity index (χ0n) is 17.3. The van der Waals surface area contributed by atoms with Gasteiger partial charge in [-0.25, -0.2) is 0 Å². The highest BCUT2D eigenvalue weighted by Crippen LogP contribution is 2.16. The number of nitrogens with one attached hydrogen (secondary N) is 1. The summed E-state index contributed by atoms with van der Waals surface area (Å²) in [5.74, 6) is 1.05. The van der Waals surface area contributed by atoms with Gasteiger partial charge in [-0.15, -0.1) is 24.0 Å². The van der Waals surface area contributed by atoms with Gasteiger partial charge in [0.2, 0.25) is 0 Å². The van der Waals surface area contributed by atoms with E-state index < -0.39 is 0 Å². The van der Waals surface area contributed by atoms with Gasteiger partial charge in [0.15, 0.2) is 5.96 Å². The van der Waals surface area contributed by atoms with Gasteiger partial charge < -0.3 is 15.0 Å². The molecule has 0 aromatic heterocycles. The monoisotopic (exact) mass is 501 g/mol. The van der Waals surface area contributed by atoms with Crippen LogP contribution in [0.4, 0.5) is 0 Å². The molecule has 0 bridgehead atoms. The van der Waals surface area contributed by atoms with E-state index in [1.807, 2.05) is 7.05 Å². The van der Waals surface area contributed by atoms with Crippen LogP contribution in [0.1, 0.15) is 18.4 Å². The first-order chi connectivity index (χ1) is 13.3. The number of rotatable bonds is 7. The summed E-state index contributed by atoms with van der Waals surface area (Å²) < 4.78 is 5.25. The lowest BCUT2D eigenvalue weighted by Gasteiger charge is -2.37. The summed E-state index contributed by atoms with van der Waals surface area (Å²) in [5.41, 5.74) is 1.39. The highest BCUT2D eigenvalue weighted by molar-refractivity contribution is 14.0. The van der Waals surface area contributed by atoms with Crippen LogP contribution in [0.3, 0.4) is 0 Å². The molecule has 1 aromatic carbocycles. The van der Waals surface area contributed by atoms with Crippen molar-refractivity contribution in [1.29, 1.82) is 0 Å². The van der Waals surface area contributed by atoms with E-state index in [9.17, 15) is 0 Å². The SMILES string of the molecule is CN=C(NCC1CCCN1CCOC)N1CCN(Cc2ccccc2)CC1.I. The minimum atomic E-state index is 0. The predicted molar refractivity (Wildman–Crippen MR) is 127 cm³/mol. The molecule has 3 rings (SSSR count). The molecular weight excluding hydrogens is 465 g/mol. The quantitative estimate of drug-likeness (QED) is 0.352. The second-order valence-electron chi connectivity index (χ2n) is 7.50. The van der Waals surface area contributed by atoms with Crippen molar-refractivity contribution in [2.45, 2.75) is 25.4 Å². The van der Waals surface area contributed by atoms with Crippen LogP contribution in [-0.2, 0) is 11.3 Å². The van der Waals surface area contributed by atoms with Gasteiger partial charge in [-0.2, -0.15) is 0 Å². The fourth-order valence-corrected chi connectivity index (χ4v) is 4.13. The Balaban J connectivity index is 0.00000280. The molecule has 1 atom stereocenters. The number of hydrogen-bond acceptors (Lipinski definition) is 4. The van der Waals surface area contributed by atoms with Gasteiger partial charge in [0.05, 0.1) is 6.61 Å². The molecular formula is C21H36IN5O. The maximum atomic E-state index is 5.25. The Labute approximate surface area is 187 Å². The van der Waals surface area contributed by atoms with Crippen molar-refractivity contribution < 1.29 is 4.74 Å². The second kappa shape index (κ2) is 12.6. The number of guanidine groups is 1. The maximum Gasteiger partial charge on any atom is 0.193 e. The fraction of sp³-hybridized carbons (Fsp3) is 0.667. The van der Waals surface area contributed by atoms with Crippen LogP contribution in [0.2, 0.25) is 0 Å². The molecule has 2 saturated heterocycles. The third kappa shape index (κ3) is 6.86. The number of likely N-dealkylation sites (tertiary alicyclic amines) is 1. The Morgan fingerprint density at radius 3 is 2.57 bits per heavy atom. The van der Waals surface area contributed by atoms with Gasteiger partial charge in [0.1, 0.15) is 0 Å². The van der Waals surface area contributed by atoms with Gasteiger partial charge in [0.25, 0.3) is 0 Å². The van der Waals surface area contributed by atoms with Crippen LogP contribution in [0.5, 0.6) is 0 Å². The normalized spacial score (nSPS) is 21.6. The first-order valence-electron chi connectivity index (χ1n) is 10.2. The Morgan fingerprint density at radius 2 is 1.89 bits per heavy atom. The topological polar surface area (TPSA) is 43.3 Å². The van der Waals surface area contributed by atoms with E-state index in [4.69, 9.17) is 4.74 Å². The number of halogens is 1. The summed E-state index contributed by atoms with van der Waals surface area (Å²) in [6, 6.07) is 11.3. The zero-order chi connectivity index (χ0) is 18.9. The molecule has 28 heavy (non-hydrogen) atoms. The van der Waals surface area contributed by atoms with E-state index in [0.29, 0.717) is 6.04 Å². The number of hydrogen-bond donors (Lipinski definition) is 1. The molecule has 0 spiro atoms. The van der Waals surface area contributed by atoms with Crippen molar-refractivity contribution in [3.05, 3.63) is 35.9 Å². The molecule has 158 valence electrons. The molecule has 6 nitrogen and oxygen atoms in total. The van der Waals surface area contributed by atoms with E-state index in [-0.39, 0.29) is 24.0 Å². The first kappa shape index (κ1) is 23.4. The van der Waals surface area contributed by atoms with Crippen LogP contribution in [0.15, 0.2) is 35.3 Å². The van der Waals surface area contributed by atoms with Crippen LogP contribution in [-0.4, -0.2) is 93.3 Å². The molecule has 7 heteroatoms. The molecule has 2 fully saturated rings. The van der Waals surface area contributed by atoms with Gasteiger partial charge in [-0.1, -0.05) is 30.3 Å². The van der Waals surface area contributed by atoms with Gasteiger partial charge in [0, 0.05) is 66.0 Å². The van der Waals surface area contributed by atoms with Crippen molar-refractivity contribution in [3.8, 4) is 0 Å². The summed E-state index contributed by atoms with van der Waals surface area (Å²) >= 11 is 0. The van der Waals surface area contributed by atoms with E-state index in [1.165, 1.54) is 24.9 Å². The highest BCUT2D eigenvalue weighted by atomic mass is 127. The Bertz CT molecular complexity index is 577. The second-order valence-corrected chi connectivity index (χ2v) is 7.50. The molecule has 2 aliphatic rings. The van der Waals surface area contributed by atoms with Crippen molar-refractivity contribution in [2.75, 3.05) is 66.6 Å². The fourth-order valence-electron chi connectivity index (χ4n) is 4.13. The van der Waals surface area contributed by atoms with Gasteiger partial charge >= 0.3 is 0 Å². The number of ether oxygens (including phenoxy) is 1. The molecule has 1 unspecified atom stereocenters. The number of aliphatic imine (C=N–C) groups is 1. The number of benzene rings is 1. The van der Waals surface area contributed by atoms with Gasteiger partial charge in [-0.3, -0.25) is 14.8 Å². The number of methoxy groups -OCH3 is 1. The average Bonchev–Trinajstić information content (AvgIpc) is 3.16. The number of piperazine rings is 1. The third-order valence-electron chi connectivity index (χ3n) is 5.71. The number of nitrogens with zero attached hydrogens (tertiary/aromatic N) is 4. The zero-order valence-corrected chi connectivity index (χ0v) is 19.7. The Hall–Kier alpha value is -0.900. The smallest absolute Gasteiger partial charge is 0.193 e. The van der Waals surface area contributed by atoms with Crippen LogP contribution in [0, 0.1) is 0 Å². The van der Waals surface area contributed by atoms with Crippen molar-refractivity contribution in [3.63, 3.8) is 0 Å². The van der Waals surface area contributed by atoms with Crippen LogP contribution >= 0.6 is 24.0 Å². The summed E-state index contributed by atoms with van der Waals surface area (Å²) in [6.07, 6.45) is 2.55. The summed E-state index contributed by atoms with van der Waals surface area (Å²) in [4.78, 5) is 12.0. The minimum Gasteiger partial charge on any atom is -0.383 e. The minimum absolute atomic E-state index is 0. The van der Waals surface area contributed by atoms with Crippen molar-refractivity contribution in [1.82, 2.24) is 20.0 Å². The average molecular weight is 501 g/mol. The van der Waals surface area contributed by atoms with E-state index >= 15 is 0 Å². The first-order valence-corrected chi connectivity index (χ1v) is 10.2. The third-order valence-corrected chi connectivity index (χ3v) is 5.71. The van der Waals surface area contributed by atoms with Crippen LogP contribution < -0.4 is 5.32 Å². The molecule has 2 aliphatic heterocycles. The van der Waals surface area contributed by atoms with Crippen molar-refractivity contribution >= 4 is 29.9 Å². The van der Waals surface area contributed by atoms with E-state index in [1.54, 1.807) is 7.11 Å². The lowest BCUT2D eigenvalue weighted by Crippen LogP contribution is -2.53. The summed E-state index contributed by atoms with van der Waals surface area (Å²) in [6.45, 7) is 9.27. The molecule has 0 amide bonds. The summed E-state index contributed by atoms with van der Waals surface area (Å²) in [7, 11) is 3.68.